The first-order chi connectivity index (χ1) is 9.48. The quantitative estimate of drug-likeness (QED) is 0.859. The number of carbonyl (C=O) groups excluding carboxylic acids is 1. The second kappa shape index (κ2) is 6.46. The van der Waals surface area contributed by atoms with Gasteiger partial charge in [-0.1, -0.05) is 33.6 Å². The van der Waals surface area contributed by atoms with E-state index in [0.29, 0.717) is 24.3 Å². The van der Waals surface area contributed by atoms with Gasteiger partial charge in [0.15, 0.2) is 0 Å². The van der Waals surface area contributed by atoms with Crippen molar-refractivity contribution in [1.82, 2.24) is 4.90 Å². The molecule has 1 amide bonds. The zero-order chi connectivity index (χ0) is 14.8. The highest BCUT2D eigenvalue weighted by molar-refractivity contribution is 5.83. The molecule has 20 heavy (non-hydrogen) atoms. The molecule has 2 rings (SSSR count). The molecule has 0 bridgehead atoms. The fourth-order valence-corrected chi connectivity index (χ4v) is 4.39. The number of likely N-dealkylation sites (tertiary alicyclic amines) is 1. The molecule has 1 aliphatic heterocycles. The van der Waals surface area contributed by atoms with Gasteiger partial charge in [0.1, 0.15) is 0 Å². The number of hydrogen-bond acceptors (Lipinski definition) is 2. The number of amides is 1. The first-order valence-corrected chi connectivity index (χ1v) is 8.49. The van der Waals surface area contributed by atoms with Crippen LogP contribution < -0.4 is 5.73 Å². The van der Waals surface area contributed by atoms with Crippen LogP contribution in [0.5, 0.6) is 0 Å². The molecule has 1 saturated heterocycles. The van der Waals surface area contributed by atoms with E-state index in [2.05, 4.69) is 25.7 Å². The van der Waals surface area contributed by atoms with Crippen molar-refractivity contribution in [2.75, 3.05) is 13.1 Å². The van der Waals surface area contributed by atoms with Crippen LogP contribution in [0.1, 0.15) is 65.7 Å². The molecule has 3 nitrogen and oxygen atoms in total. The molecule has 0 aromatic rings. The minimum atomic E-state index is -0.0673. The average molecular weight is 280 g/mol. The molecule has 3 heteroatoms. The summed E-state index contributed by atoms with van der Waals surface area (Å²) in [5, 5.41) is 0. The molecule has 1 heterocycles. The van der Waals surface area contributed by atoms with E-state index in [9.17, 15) is 4.79 Å². The van der Waals surface area contributed by atoms with Crippen molar-refractivity contribution in [2.24, 2.45) is 23.0 Å². The largest absolute Gasteiger partial charge is 0.338 e. The van der Waals surface area contributed by atoms with Gasteiger partial charge in [-0.05, 0) is 43.9 Å². The smallest absolute Gasteiger partial charge is 0.229 e. The highest BCUT2D eigenvalue weighted by Gasteiger charge is 2.45. The summed E-state index contributed by atoms with van der Waals surface area (Å²) >= 11 is 0. The summed E-state index contributed by atoms with van der Waals surface area (Å²) in [5.41, 5.74) is 5.88. The van der Waals surface area contributed by atoms with Crippen molar-refractivity contribution in [3.05, 3.63) is 0 Å². The number of carbonyl (C=O) groups is 1. The van der Waals surface area contributed by atoms with Crippen LogP contribution in [0.2, 0.25) is 0 Å². The van der Waals surface area contributed by atoms with Crippen LogP contribution in [0.3, 0.4) is 0 Å². The van der Waals surface area contributed by atoms with E-state index in [4.69, 9.17) is 5.73 Å². The van der Waals surface area contributed by atoms with Gasteiger partial charge in [0.25, 0.3) is 0 Å². The molecule has 0 aromatic carbocycles. The van der Waals surface area contributed by atoms with Crippen molar-refractivity contribution in [2.45, 2.75) is 71.8 Å². The zero-order valence-electron chi connectivity index (χ0n) is 13.5. The van der Waals surface area contributed by atoms with Gasteiger partial charge in [0, 0.05) is 24.5 Å². The molecule has 2 aliphatic rings. The number of rotatable bonds is 4. The molecule has 0 radical (unpaired) electrons. The Morgan fingerprint density at radius 1 is 1.35 bits per heavy atom. The molecule has 1 aliphatic carbocycles. The third-order valence-corrected chi connectivity index (χ3v) is 5.32. The standard InChI is InChI=1S/C17H32N2O/c1-13(2)11-17(7-4-5-8-17)16(20)19-9-6-14(3)10-15(19)12-18/h13-15H,4-12,18H2,1-3H3. The van der Waals surface area contributed by atoms with E-state index in [1.165, 1.54) is 12.8 Å². The lowest BCUT2D eigenvalue weighted by Gasteiger charge is -2.43. The zero-order valence-corrected chi connectivity index (χ0v) is 13.5. The van der Waals surface area contributed by atoms with Gasteiger partial charge in [-0.25, -0.2) is 0 Å². The second-order valence-electron chi connectivity index (χ2n) is 7.60. The van der Waals surface area contributed by atoms with Crippen LogP contribution in [0.4, 0.5) is 0 Å². The maximum Gasteiger partial charge on any atom is 0.229 e. The lowest BCUT2D eigenvalue weighted by atomic mass is 9.76. The van der Waals surface area contributed by atoms with Crippen molar-refractivity contribution < 1.29 is 4.79 Å². The monoisotopic (exact) mass is 280 g/mol. The van der Waals surface area contributed by atoms with Gasteiger partial charge < -0.3 is 10.6 Å². The summed E-state index contributed by atoms with van der Waals surface area (Å²) in [5.74, 6) is 1.72. The van der Waals surface area contributed by atoms with Crippen LogP contribution in [-0.4, -0.2) is 29.9 Å². The van der Waals surface area contributed by atoms with Crippen LogP contribution in [0, 0.1) is 17.3 Å². The molecular weight excluding hydrogens is 248 g/mol. The normalized spacial score (nSPS) is 29.9. The molecular formula is C17H32N2O. The summed E-state index contributed by atoms with van der Waals surface area (Å²) in [6, 6.07) is 0.274. The Labute approximate surface area is 124 Å². The second-order valence-corrected chi connectivity index (χ2v) is 7.60. The third kappa shape index (κ3) is 3.19. The minimum Gasteiger partial charge on any atom is -0.338 e. The van der Waals surface area contributed by atoms with Gasteiger partial charge in [0.2, 0.25) is 5.91 Å². The topological polar surface area (TPSA) is 46.3 Å². The molecule has 0 aromatic heterocycles. The van der Waals surface area contributed by atoms with E-state index in [-0.39, 0.29) is 11.5 Å². The Balaban J connectivity index is 2.14. The SMILES string of the molecule is CC(C)CC1(C(=O)N2CCC(C)CC2CN)CCCC1. The van der Waals surface area contributed by atoms with Gasteiger partial charge >= 0.3 is 0 Å². The molecule has 0 spiro atoms. The lowest BCUT2D eigenvalue weighted by molar-refractivity contribution is -0.147. The highest BCUT2D eigenvalue weighted by atomic mass is 16.2. The Morgan fingerprint density at radius 2 is 2.00 bits per heavy atom. The lowest BCUT2D eigenvalue weighted by Crippen LogP contribution is -2.54. The minimum absolute atomic E-state index is 0.0673. The van der Waals surface area contributed by atoms with E-state index in [1.54, 1.807) is 0 Å². The van der Waals surface area contributed by atoms with Gasteiger partial charge in [-0.2, -0.15) is 0 Å². The summed E-state index contributed by atoms with van der Waals surface area (Å²) < 4.78 is 0. The molecule has 2 fully saturated rings. The number of piperidine rings is 1. The Hall–Kier alpha value is -0.570. The Bertz CT molecular complexity index is 334. The van der Waals surface area contributed by atoms with E-state index in [0.717, 1.165) is 38.6 Å². The number of nitrogens with zero attached hydrogens (tertiary/aromatic N) is 1. The summed E-state index contributed by atoms with van der Waals surface area (Å²) in [7, 11) is 0. The predicted molar refractivity (Wildman–Crippen MR) is 83.3 cm³/mol. The maximum atomic E-state index is 13.2. The molecule has 2 unspecified atom stereocenters. The van der Waals surface area contributed by atoms with E-state index >= 15 is 0 Å². The van der Waals surface area contributed by atoms with Crippen molar-refractivity contribution in [3.63, 3.8) is 0 Å². The third-order valence-electron chi connectivity index (χ3n) is 5.32. The van der Waals surface area contributed by atoms with E-state index in [1.807, 2.05) is 0 Å². The first kappa shape index (κ1) is 15.8. The fourth-order valence-electron chi connectivity index (χ4n) is 4.39. The Morgan fingerprint density at radius 3 is 2.55 bits per heavy atom. The average Bonchev–Trinajstić information content (AvgIpc) is 2.86. The summed E-state index contributed by atoms with van der Waals surface area (Å²) in [6.45, 7) is 8.30. The van der Waals surface area contributed by atoms with Crippen molar-refractivity contribution in [3.8, 4) is 0 Å². The molecule has 1 saturated carbocycles. The van der Waals surface area contributed by atoms with Crippen molar-refractivity contribution >= 4 is 5.91 Å². The number of nitrogens with two attached hydrogens (primary N) is 1. The van der Waals surface area contributed by atoms with Gasteiger partial charge in [-0.3, -0.25) is 4.79 Å². The van der Waals surface area contributed by atoms with Crippen LogP contribution in [-0.2, 0) is 4.79 Å². The van der Waals surface area contributed by atoms with Crippen LogP contribution >= 0.6 is 0 Å². The Kier molecular flexibility index (Phi) is 5.11. The molecule has 2 N–H and O–H groups in total. The molecule has 2 atom stereocenters. The van der Waals surface area contributed by atoms with Gasteiger partial charge in [0.05, 0.1) is 0 Å². The van der Waals surface area contributed by atoms with Crippen LogP contribution in [0.25, 0.3) is 0 Å². The van der Waals surface area contributed by atoms with E-state index < -0.39 is 0 Å². The van der Waals surface area contributed by atoms with Gasteiger partial charge in [-0.15, -0.1) is 0 Å². The summed E-state index contributed by atoms with van der Waals surface area (Å²) in [6.07, 6.45) is 7.89. The number of hydrogen-bond donors (Lipinski definition) is 1. The van der Waals surface area contributed by atoms with Crippen LogP contribution in [0.15, 0.2) is 0 Å². The van der Waals surface area contributed by atoms with Crippen molar-refractivity contribution in [1.29, 1.82) is 0 Å². The fraction of sp³-hybridized carbons (Fsp3) is 0.941. The highest BCUT2D eigenvalue weighted by Crippen LogP contribution is 2.45. The maximum absolute atomic E-state index is 13.2. The predicted octanol–water partition coefficient (Wildman–Crippen LogP) is 3.18. The first-order valence-electron chi connectivity index (χ1n) is 8.49. The summed E-state index contributed by atoms with van der Waals surface area (Å²) in [4.78, 5) is 15.4. The molecule has 116 valence electrons.